The summed E-state index contributed by atoms with van der Waals surface area (Å²) >= 11 is 1.32. The minimum atomic E-state index is -0.463. The van der Waals surface area contributed by atoms with E-state index in [2.05, 4.69) is 15.6 Å². The van der Waals surface area contributed by atoms with Crippen LogP contribution >= 0.6 is 11.8 Å². The molecule has 2 amide bonds. The topological polar surface area (TPSA) is 85.3 Å². The number of benzene rings is 2. The van der Waals surface area contributed by atoms with E-state index in [9.17, 15) is 14.0 Å². The zero-order valence-corrected chi connectivity index (χ0v) is 17.6. The SMILES string of the molecule is Cn1ccnc1Sc1ccc(F)cc1NC(=O)c1cccc(NC(=O)C2CCCO2)c1. The Balaban J connectivity index is 1.50. The Hall–Kier alpha value is -3.17. The monoisotopic (exact) mass is 440 g/mol. The molecule has 3 aromatic rings. The summed E-state index contributed by atoms with van der Waals surface area (Å²) in [5.41, 5.74) is 1.17. The Kier molecular flexibility index (Phi) is 6.34. The van der Waals surface area contributed by atoms with Crippen molar-refractivity contribution in [1.82, 2.24) is 9.55 Å². The maximum absolute atomic E-state index is 13.9. The van der Waals surface area contributed by atoms with E-state index < -0.39 is 17.8 Å². The summed E-state index contributed by atoms with van der Waals surface area (Å²) in [4.78, 5) is 30.0. The van der Waals surface area contributed by atoms with Gasteiger partial charge in [-0.05, 0) is 61.0 Å². The van der Waals surface area contributed by atoms with E-state index in [-0.39, 0.29) is 5.91 Å². The number of ether oxygens (including phenoxy) is 1. The van der Waals surface area contributed by atoms with Gasteiger partial charge in [-0.25, -0.2) is 9.37 Å². The maximum atomic E-state index is 13.9. The van der Waals surface area contributed by atoms with Crippen molar-refractivity contribution in [2.75, 3.05) is 17.2 Å². The van der Waals surface area contributed by atoms with Crippen LogP contribution in [0.4, 0.5) is 15.8 Å². The van der Waals surface area contributed by atoms with E-state index in [1.54, 1.807) is 42.7 Å². The van der Waals surface area contributed by atoms with Gasteiger partial charge in [-0.15, -0.1) is 0 Å². The zero-order valence-electron chi connectivity index (χ0n) is 16.8. The van der Waals surface area contributed by atoms with Gasteiger partial charge in [-0.3, -0.25) is 9.59 Å². The predicted octanol–water partition coefficient (Wildman–Crippen LogP) is 4.08. The Morgan fingerprint density at radius 2 is 2.10 bits per heavy atom. The van der Waals surface area contributed by atoms with Gasteiger partial charge in [0, 0.05) is 42.2 Å². The standard InChI is InChI=1S/C22H21FN4O3S/c1-27-10-9-24-22(27)31-19-8-7-15(23)13-17(19)26-20(28)14-4-2-5-16(12-14)25-21(29)18-6-3-11-30-18/h2,4-5,7-10,12-13,18H,3,6,11H2,1H3,(H,25,29)(H,26,28). The van der Waals surface area contributed by atoms with Crippen LogP contribution in [-0.2, 0) is 16.6 Å². The molecule has 1 unspecified atom stereocenters. The summed E-state index contributed by atoms with van der Waals surface area (Å²) in [7, 11) is 1.85. The largest absolute Gasteiger partial charge is 0.368 e. The number of nitrogens with one attached hydrogen (secondary N) is 2. The van der Waals surface area contributed by atoms with Crippen LogP contribution in [0, 0.1) is 5.82 Å². The van der Waals surface area contributed by atoms with Gasteiger partial charge in [0.05, 0.1) is 5.69 Å². The number of carbonyl (C=O) groups is 2. The van der Waals surface area contributed by atoms with E-state index in [1.807, 2.05) is 11.6 Å². The smallest absolute Gasteiger partial charge is 0.255 e. The van der Waals surface area contributed by atoms with Crippen molar-refractivity contribution < 1.29 is 18.7 Å². The number of aryl methyl sites for hydroxylation is 1. The van der Waals surface area contributed by atoms with E-state index in [0.717, 1.165) is 6.42 Å². The Bertz CT molecular complexity index is 1110. The molecule has 2 N–H and O–H groups in total. The molecular weight excluding hydrogens is 419 g/mol. The molecule has 1 aliphatic heterocycles. The fraction of sp³-hybridized carbons (Fsp3) is 0.227. The summed E-state index contributed by atoms with van der Waals surface area (Å²) in [6.07, 6.45) is 4.55. The molecule has 2 aromatic carbocycles. The van der Waals surface area contributed by atoms with Crippen LogP contribution in [0.2, 0.25) is 0 Å². The fourth-order valence-corrected chi connectivity index (χ4v) is 4.05. The van der Waals surface area contributed by atoms with Gasteiger partial charge in [0.2, 0.25) is 0 Å². The highest BCUT2D eigenvalue weighted by Crippen LogP contribution is 2.33. The van der Waals surface area contributed by atoms with E-state index in [4.69, 9.17) is 4.74 Å². The van der Waals surface area contributed by atoms with Crippen molar-refractivity contribution in [1.29, 1.82) is 0 Å². The first-order valence-electron chi connectivity index (χ1n) is 9.78. The quantitative estimate of drug-likeness (QED) is 0.603. The predicted molar refractivity (Wildman–Crippen MR) is 116 cm³/mol. The van der Waals surface area contributed by atoms with Crippen LogP contribution in [0.1, 0.15) is 23.2 Å². The van der Waals surface area contributed by atoms with Crippen molar-refractivity contribution >= 4 is 35.0 Å². The third kappa shape index (κ3) is 5.12. The van der Waals surface area contributed by atoms with Crippen molar-refractivity contribution in [3.05, 3.63) is 66.2 Å². The lowest BCUT2D eigenvalue weighted by atomic mass is 10.1. The maximum Gasteiger partial charge on any atom is 0.255 e. The number of aromatic nitrogens is 2. The average Bonchev–Trinajstić information content (AvgIpc) is 3.42. The summed E-state index contributed by atoms with van der Waals surface area (Å²) in [5, 5.41) is 6.25. The van der Waals surface area contributed by atoms with Crippen LogP contribution in [0.25, 0.3) is 0 Å². The molecule has 0 radical (unpaired) electrons. The van der Waals surface area contributed by atoms with Crippen molar-refractivity contribution in [2.24, 2.45) is 7.05 Å². The Morgan fingerprint density at radius 1 is 1.23 bits per heavy atom. The van der Waals surface area contributed by atoms with Gasteiger partial charge in [0.15, 0.2) is 5.16 Å². The molecule has 1 saturated heterocycles. The van der Waals surface area contributed by atoms with Crippen LogP contribution in [-0.4, -0.2) is 34.1 Å². The number of rotatable bonds is 6. The van der Waals surface area contributed by atoms with Crippen LogP contribution in [0.15, 0.2) is 64.9 Å². The van der Waals surface area contributed by atoms with Crippen molar-refractivity contribution in [3.63, 3.8) is 0 Å². The first kappa shape index (κ1) is 21.1. The highest BCUT2D eigenvalue weighted by atomic mass is 32.2. The second kappa shape index (κ2) is 9.32. The van der Waals surface area contributed by atoms with E-state index >= 15 is 0 Å². The normalized spacial score (nSPS) is 15.6. The number of anilines is 2. The number of hydrogen-bond donors (Lipinski definition) is 2. The summed E-state index contributed by atoms with van der Waals surface area (Å²) in [6.45, 7) is 0.576. The van der Waals surface area contributed by atoms with E-state index in [1.165, 1.54) is 23.9 Å². The lowest BCUT2D eigenvalue weighted by molar-refractivity contribution is -0.124. The Labute approximate surface area is 183 Å². The summed E-state index contributed by atoms with van der Waals surface area (Å²) in [5.74, 6) is -1.11. The number of halogens is 1. The summed E-state index contributed by atoms with van der Waals surface area (Å²) in [6, 6.07) is 10.8. The second-order valence-corrected chi connectivity index (χ2v) is 8.10. The van der Waals surface area contributed by atoms with Gasteiger partial charge in [-0.2, -0.15) is 0 Å². The lowest BCUT2D eigenvalue weighted by Gasteiger charge is -2.13. The number of imidazole rings is 1. The van der Waals surface area contributed by atoms with E-state index in [0.29, 0.717) is 40.0 Å². The summed E-state index contributed by atoms with van der Waals surface area (Å²) < 4.78 is 21.1. The van der Waals surface area contributed by atoms with Gasteiger partial charge in [-0.1, -0.05) is 6.07 Å². The molecule has 4 rings (SSSR count). The molecule has 7 nitrogen and oxygen atoms in total. The highest BCUT2D eigenvalue weighted by molar-refractivity contribution is 7.99. The van der Waals surface area contributed by atoms with Crippen LogP contribution in [0.5, 0.6) is 0 Å². The average molecular weight is 441 g/mol. The molecule has 0 spiro atoms. The minimum absolute atomic E-state index is 0.228. The molecule has 1 aliphatic rings. The second-order valence-electron chi connectivity index (χ2n) is 7.09. The highest BCUT2D eigenvalue weighted by Gasteiger charge is 2.23. The molecule has 0 bridgehead atoms. The van der Waals surface area contributed by atoms with Crippen molar-refractivity contribution in [3.8, 4) is 0 Å². The third-order valence-corrected chi connectivity index (χ3v) is 5.93. The molecule has 1 fully saturated rings. The number of carbonyl (C=O) groups excluding carboxylic acids is 2. The number of hydrogen-bond acceptors (Lipinski definition) is 5. The molecular formula is C22H21FN4O3S. The van der Waals surface area contributed by atoms with Crippen molar-refractivity contribution in [2.45, 2.75) is 29.0 Å². The molecule has 0 saturated carbocycles. The molecule has 1 aromatic heterocycles. The molecule has 2 heterocycles. The zero-order chi connectivity index (χ0) is 21.8. The molecule has 0 aliphatic carbocycles. The molecule has 31 heavy (non-hydrogen) atoms. The van der Waals surface area contributed by atoms with Gasteiger partial charge < -0.3 is 19.9 Å². The van der Waals surface area contributed by atoms with Gasteiger partial charge >= 0.3 is 0 Å². The van der Waals surface area contributed by atoms with Gasteiger partial charge in [0.25, 0.3) is 11.8 Å². The number of nitrogens with zero attached hydrogens (tertiary/aromatic N) is 2. The lowest BCUT2D eigenvalue weighted by Crippen LogP contribution is -2.27. The fourth-order valence-electron chi connectivity index (χ4n) is 3.18. The van der Waals surface area contributed by atoms with Crippen LogP contribution in [0.3, 0.4) is 0 Å². The van der Waals surface area contributed by atoms with Gasteiger partial charge in [0.1, 0.15) is 11.9 Å². The molecule has 1 atom stereocenters. The minimum Gasteiger partial charge on any atom is -0.368 e. The molecule has 9 heteroatoms. The third-order valence-electron chi connectivity index (χ3n) is 4.78. The van der Waals surface area contributed by atoms with Crippen LogP contribution < -0.4 is 10.6 Å². The number of amides is 2. The Morgan fingerprint density at radius 3 is 2.84 bits per heavy atom. The first-order valence-corrected chi connectivity index (χ1v) is 10.6. The molecule has 160 valence electrons. The first-order chi connectivity index (χ1) is 15.0.